The summed E-state index contributed by atoms with van der Waals surface area (Å²) in [5, 5.41) is 4.52. The summed E-state index contributed by atoms with van der Waals surface area (Å²) >= 11 is 0. The molecule has 1 heterocycles. The molecule has 0 N–H and O–H groups in total. The zero-order chi connectivity index (χ0) is 10.7. The van der Waals surface area contributed by atoms with Crippen molar-refractivity contribution in [1.29, 1.82) is 0 Å². The van der Waals surface area contributed by atoms with Gasteiger partial charge in [-0.25, -0.2) is 0 Å². The molecule has 0 radical (unpaired) electrons. The third-order valence-corrected chi connectivity index (χ3v) is 3.60. The SMILES string of the molecule is CCCC(C)c1ccnn1C1CCCC1. The average Bonchev–Trinajstić information content (AvgIpc) is 2.88. The number of aromatic nitrogens is 2. The second-order valence-electron chi connectivity index (χ2n) is 4.83. The summed E-state index contributed by atoms with van der Waals surface area (Å²) in [4.78, 5) is 0. The molecule has 1 aromatic heterocycles. The second kappa shape index (κ2) is 4.82. The van der Waals surface area contributed by atoms with Crippen molar-refractivity contribution < 1.29 is 0 Å². The Balaban J connectivity index is 2.13. The normalized spacial score (nSPS) is 19.6. The van der Waals surface area contributed by atoms with E-state index in [-0.39, 0.29) is 0 Å². The van der Waals surface area contributed by atoms with Crippen molar-refractivity contribution in [3.63, 3.8) is 0 Å². The minimum atomic E-state index is 0.665. The van der Waals surface area contributed by atoms with Crippen LogP contribution in [0.1, 0.15) is 70.0 Å². The predicted octanol–water partition coefficient (Wildman–Crippen LogP) is 3.90. The van der Waals surface area contributed by atoms with Gasteiger partial charge in [-0.15, -0.1) is 0 Å². The Morgan fingerprint density at radius 1 is 1.47 bits per heavy atom. The van der Waals surface area contributed by atoms with E-state index < -0.39 is 0 Å². The molecule has 1 atom stereocenters. The Morgan fingerprint density at radius 2 is 2.20 bits per heavy atom. The van der Waals surface area contributed by atoms with Crippen molar-refractivity contribution in [1.82, 2.24) is 9.78 Å². The smallest absolute Gasteiger partial charge is 0.0522 e. The van der Waals surface area contributed by atoms with Crippen LogP contribution in [0, 0.1) is 0 Å². The number of hydrogen-bond donors (Lipinski definition) is 0. The highest BCUT2D eigenvalue weighted by molar-refractivity contribution is 5.08. The van der Waals surface area contributed by atoms with Gasteiger partial charge in [0.1, 0.15) is 0 Å². The lowest BCUT2D eigenvalue weighted by atomic mass is 10.0. The molecule has 2 nitrogen and oxygen atoms in total. The average molecular weight is 206 g/mol. The van der Waals surface area contributed by atoms with Gasteiger partial charge in [-0.2, -0.15) is 5.10 Å². The Kier molecular flexibility index (Phi) is 3.45. The van der Waals surface area contributed by atoms with E-state index in [0.717, 1.165) is 0 Å². The van der Waals surface area contributed by atoms with Crippen molar-refractivity contribution in [2.24, 2.45) is 0 Å². The van der Waals surface area contributed by atoms with E-state index in [0.29, 0.717) is 12.0 Å². The minimum Gasteiger partial charge on any atom is -0.266 e. The fraction of sp³-hybridized carbons (Fsp3) is 0.769. The molecule has 0 amide bonds. The molecular weight excluding hydrogens is 184 g/mol. The molecule has 0 saturated heterocycles. The van der Waals surface area contributed by atoms with Crippen LogP contribution >= 0.6 is 0 Å². The molecule has 0 bridgehead atoms. The maximum absolute atomic E-state index is 4.52. The van der Waals surface area contributed by atoms with Gasteiger partial charge in [0.2, 0.25) is 0 Å². The Bertz CT molecular complexity index is 297. The number of hydrogen-bond acceptors (Lipinski definition) is 1. The molecule has 1 saturated carbocycles. The number of rotatable bonds is 4. The van der Waals surface area contributed by atoms with Crippen molar-refractivity contribution in [2.75, 3.05) is 0 Å². The molecule has 1 aliphatic rings. The molecule has 1 aromatic rings. The maximum Gasteiger partial charge on any atom is 0.0522 e. The zero-order valence-corrected chi connectivity index (χ0v) is 9.95. The molecule has 0 aromatic carbocycles. The zero-order valence-electron chi connectivity index (χ0n) is 9.95. The second-order valence-corrected chi connectivity index (χ2v) is 4.83. The first-order valence-corrected chi connectivity index (χ1v) is 6.36. The predicted molar refractivity (Wildman–Crippen MR) is 63.1 cm³/mol. The van der Waals surface area contributed by atoms with Crippen LogP contribution in [-0.4, -0.2) is 9.78 Å². The van der Waals surface area contributed by atoms with Crippen molar-refractivity contribution >= 4 is 0 Å². The van der Waals surface area contributed by atoms with Crippen LogP contribution in [0.5, 0.6) is 0 Å². The molecule has 15 heavy (non-hydrogen) atoms. The van der Waals surface area contributed by atoms with Gasteiger partial charge in [0.25, 0.3) is 0 Å². The molecule has 0 spiro atoms. The summed E-state index contributed by atoms with van der Waals surface area (Å²) < 4.78 is 2.30. The minimum absolute atomic E-state index is 0.665. The highest BCUT2D eigenvalue weighted by Gasteiger charge is 2.21. The van der Waals surface area contributed by atoms with Crippen LogP contribution in [0.15, 0.2) is 12.3 Å². The monoisotopic (exact) mass is 206 g/mol. The molecule has 1 aliphatic carbocycles. The van der Waals surface area contributed by atoms with E-state index in [1.807, 2.05) is 6.20 Å². The van der Waals surface area contributed by atoms with Crippen LogP contribution in [0.3, 0.4) is 0 Å². The Hall–Kier alpha value is -0.790. The first kappa shape index (κ1) is 10.7. The van der Waals surface area contributed by atoms with Crippen LogP contribution in [0.25, 0.3) is 0 Å². The van der Waals surface area contributed by atoms with Gasteiger partial charge in [0.05, 0.1) is 6.04 Å². The van der Waals surface area contributed by atoms with E-state index in [2.05, 4.69) is 29.7 Å². The first-order chi connectivity index (χ1) is 7.33. The van der Waals surface area contributed by atoms with E-state index in [1.165, 1.54) is 44.2 Å². The van der Waals surface area contributed by atoms with Crippen LogP contribution in [0.2, 0.25) is 0 Å². The quantitative estimate of drug-likeness (QED) is 0.730. The summed E-state index contributed by atoms with van der Waals surface area (Å²) in [6.45, 7) is 4.58. The molecular formula is C13H22N2. The van der Waals surface area contributed by atoms with E-state index in [1.54, 1.807) is 0 Å². The lowest BCUT2D eigenvalue weighted by Gasteiger charge is -2.18. The summed E-state index contributed by atoms with van der Waals surface area (Å²) in [5.41, 5.74) is 1.45. The van der Waals surface area contributed by atoms with Crippen molar-refractivity contribution in [3.05, 3.63) is 18.0 Å². The maximum atomic E-state index is 4.52. The first-order valence-electron chi connectivity index (χ1n) is 6.36. The van der Waals surface area contributed by atoms with Gasteiger partial charge >= 0.3 is 0 Å². The largest absolute Gasteiger partial charge is 0.266 e. The van der Waals surface area contributed by atoms with E-state index >= 15 is 0 Å². The van der Waals surface area contributed by atoms with Gasteiger partial charge in [-0.05, 0) is 31.2 Å². The van der Waals surface area contributed by atoms with Gasteiger partial charge in [0.15, 0.2) is 0 Å². The van der Waals surface area contributed by atoms with Crippen LogP contribution in [0.4, 0.5) is 0 Å². The Labute approximate surface area is 92.7 Å². The summed E-state index contributed by atoms with van der Waals surface area (Å²) in [6.07, 6.45) is 9.93. The van der Waals surface area contributed by atoms with E-state index in [4.69, 9.17) is 0 Å². The van der Waals surface area contributed by atoms with Crippen molar-refractivity contribution in [3.8, 4) is 0 Å². The molecule has 84 valence electrons. The third kappa shape index (κ3) is 2.24. The van der Waals surface area contributed by atoms with E-state index in [9.17, 15) is 0 Å². The summed E-state index contributed by atoms with van der Waals surface area (Å²) in [6, 6.07) is 2.90. The highest BCUT2D eigenvalue weighted by Crippen LogP contribution is 2.32. The van der Waals surface area contributed by atoms with Gasteiger partial charge in [0, 0.05) is 11.9 Å². The third-order valence-electron chi connectivity index (χ3n) is 3.60. The fourth-order valence-electron chi connectivity index (χ4n) is 2.75. The standard InChI is InChI=1S/C13H22N2/c1-3-6-11(2)13-9-10-14-15(13)12-7-4-5-8-12/h9-12H,3-8H2,1-2H3. The summed E-state index contributed by atoms with van der Waals surface area (Å²) in [7, 11) is 0. The van der Waals surface area contributed by atoms with Gasteiger partial charge in [-0.3, -0.25) is 4.68 Å². The lowest BCUT2D eigenvalue weighted by Crippen LogP contribution is -2.12. The topological polar surface area (TPSA) is 17.8 Å². The molecule has 1 fully saturated rings. The van der Waals surface area contributed by atoms with Crippen molar-refractivity contribution in [2.45, 2.75) is 64.3 Å². The summed E-state index contributed by atoms with van der Waals surface area (Å²) in [5.74, 6) is 0.665. The molecule has 2 heteroatoms. The highest BCUT2D eigenvalue weighted by atomic mass is 15.3. The van der Waals surface area contributed by atoms with Crippen LogP contribution in [-0.2, 0) is 0 Å². The molecule has 0 aliphatic heterocycles. The van der Waals surface area contributed by atoms with Crippen LogP contribution < -0.4 is 0 Å². The lowest BCUT2D eigenvalue weighted by molar-refractivity contribution is 0.433. The molecule has 2 rings (SSSR count). The molecule has 1 unspecified atom stereocenters. The number of nitrogens with zero attached hydrogens (tertiary/aromatic N) is 2. The van der Waals surface area contributed by atoms with Gasteiger partial charge in [-0.1, -0.05) is 33.1 Å². The van der Waals surface area contributed by atoms with Gasteiger partial charge < -0.3 is 0 Å². The Morgan fingerprint density at radius 3 is 2.87 bits per heavy atom. The fourth-order valence-corrected chi connectivity index (χ4v) is 2.75.